The standard InChI is InChI=1S/C27H26F3N3O3/c1-15-13-32(14-31-15)23-8-7-17(9-24(23)35-3)10-25-27(34)33-21(16(2)36-25)5-4-6-22(33)18-11-19(28)26(30)20(29)12-18/h7-14,16,21-22H,4-6H2,1-3H3/b25-10-/t16-,21+,22-/m0/s1. The van der Waals surface area contributed by atoms with Crippen LogP contribution in [0.15, 0.2) is 48.6 Å². The molecule has 2 saturated heterocycles. The quantitative estimate of drug-likeness (QED) is 0.354. The first-order valence-electron chi connectivity index (χ1n) is 11.8. The van der Waals surface area contributed by atoms with Crippen LogP contribution in [0.3, 0.4) is 0 Å². The van der Waals surface area contributed by atoms with Crippen molar-refractivity contribution in [3.63, 3.8) is 0 Å². The molecule has 9 heteroatoms. The maximum Gasteiger partial charge on any atom is 0.289 e. The van der Waals surface area contributed by atoms with Crippen LogP contribution in [0, 0.1) is 24.4 Å². The summed E-state index contributed by atoms with van der Waals surface area (Å²) in [4.78, 5) is 19.5. The second kappa shape index (κ2) is 9.37. The van der Waals surface area contributed by atoms with E-state index in [1.165, 1.54) is 0 Å². The van der Waals surface area contributed by atoms with Gasteiger partial charge in [0.05, 0.1) is 36.9 Å². The lowest BCUT2D eigenvalue weighted by Gasteiger charge is -2.48. The van der Waals surface area contributed by atoms with Gasteiger partial charge >= 0.3 is 0 Å². The first-order valence-corrected chi connectivity index (χ1v) is 11.8. The molecular formula is C27H26F3N3O3. The van der Waals surface area contributed by atoms with Gasteiger partial charge in [-0.15, -0.1) is 0 Å². The average molecular weight is 498 g/mol. The summed E-state index contributed by atoms with van der Waals surface area (Å²) in [6, 6.07) is 6.60. The van der Waals surface area contributed by atoms with Crippen molar-refractivity contribution >= 4 is 12.0 Å². The monoisotopic (exact) mass is 497 g/mol. The van der Waals surface area contributed by atoms with Gasteiger partial charge in [0.1, 0.15) is 11.9 Å². The molecule has 36 heavy (non-hydrogen) atoms. The molecule has 3 aromatic rings. The summed E-state index contributed by atoms with van der Waals surface area (Å²) in [5, 5.41) is 0. The topological polar surface area (TPSA) is 56.6 Å². The van der Waals surface area contributed by atoms with Gasteiger partial charge in [-0.2, -0.15) is 0 Å². The van der Waals surface area contributed by atoms with Crippen LogP contribution in [0.25, 0.3) is 11.8 Å². The number of piperidine rings is 1. The van der Waals surface area contributed by atoms with Crippen LogP contribution in [0.1, 0.15) is 49.0 Å². The smallest absolute Gasteiger partial charge is 0.289 e. The molecule has 3 heterocycles. The van der Waals surface area contributed by atoms with Gasteiger partial charge in [-0.05, 0) is 74.6 Å². The summed E-state index contributed by atoms with van der Waals surface area (Å²) in [6.45, 7) is 3.77. The van der Waals surface area contributed by atoms with Crippen molar-refractivity contribution in [2.45, 2.75) is 51.3 Å². The normalized spacial score (nSPS) is 22.9. The SMILES string of the molecule is COc1cc(/C=C2\O[C@@H](C)[C@H]3CCC[C@@H](c4cc(F)c(F)c(F)c4)N3C2=O)ccc1-n1cnc(C)c1. The molecule has 0 spiro atoms. The maximum atomic E-state index is 14.0. The van der Waals surface area contributed by atoms with Crippen molar-refractivity contribution in [1.29, 1.82) is 0 Å². The Morgan fingerprint density at radius 1 is 1.14 bits per heavy atom. The Kier molecular flexibility index (Phi) is 6.24. The summed E-state index contributed by atoms with van der Waals surface area (Å²) in [5.41, 5.74) is 2.58. The number of methoxy groups -OCH3 is 1. The van der Waals surface area contributed by atoms with Crippen LogP contribution in [0.5, 0.6) is 5.75 Å². The van der Waals surface area contributed by atoms with E-state index in [0.29, 0.717) is 24.2 Å². The molecular weight excluding hydrogens is 471 g/mol. The number of halogens is 3. The number of nitrogens with zero attached hydrogens (tertiary/aromatic N) is 3. The molecule has 1 amide bonds. The third-order valence-electron chi connectivity index (χ3n) is 6.85. The summed E-state index contributed by atoms with van der Waals surface area (Å²) in [5.74, 6) is -3.71. The molecule has 0 radical (unpaired) electrons. The summed E-state index contributed by atoms with van der Waals surface area (Å²) >= 11 is 0. The van der Waals surface area contributed by atoms with Gasteiger partial charge in [0.2, 0.25) is 0 Å². The molecule has 188 valence electrons. The van der Waals surface area contributed by atoms with E-state index in [2.05, 4.69) is 4.98 Å². The Morgan fingerprint density at radius 2 is 1.89 bits per heavy atom. The fourth-order valence-corrected chi connectivity index (χ4v) is 5.13. The molecule has 0 saturated carbocycles. The highest BCUT2D eigenvalue weighted by atomic mass is 19.2. The average Bonchev–Trinajstić information content (AvgIpc) is 3.30. The summed E-state index contributed by atoms with van der Waals surface area (Å²) in [6.07, 6.45) is 6.84. The van der Waals surface area contributed by atoms with Crippen LogP contribution >= 0.6 is 0 Å². The van der Waals surface area contributed by atoms with Crippen molar-refractivity contribution in [2.24, 2.45) is 0 Å². The zero-order chi connectivity index (χ0) is 25.6. The zero-order valence-electron chi connectivity index (χ0n) is 20.2. The first kappa shape index (κ1) is 24.0. The predicted molar refractivity (Wildman–Crippen MR) is 127 cm³/mol. The minimum Gasteiger partial charge on any atom is -0.495 e. The lowest BCUT2D eigenvalue weighted by atomic mass is 9.87. The molecule has 2 aliphatic rings. The van der Waals surface area contributed by atoms with Gasteiger partial charge in [-0.25, -0.2) is 18.2 Å². The van der Waals surface area contributed by atoms with Gasteiger partial charge in [0.15, 0.2) is 23.2 Å². The Hall–Kier alpha value is -3.75. The van der Waals surface area contributed by atoms with E-state index in [9.17, 15) is 18.0 Å². The first-order chi connectivity index (χ1) is 17.3. The molecule has 1 aromatic heterocycles. The molecule has 2 fully saturated rings. The Labute approximate surface area is 207 Å². The van der Waals surface area contributed by atoms with E-state index in [0.717, 1.165) is 29.9 Å². The predicted octanol–water partition coefficient (Wildman–Crippen LogP) is 5.49. The number of fused-ring (bicyclic) bond motifs is 1. The molecule has 3 atom stereocenters. The fraction of sp³-hybridized carbons (Fsp3) is 0.333. The molecule has 5 rings (SSSR count). The summed E-state index contributed by atoms with van der Waals surface area (Å²) < 4.78 is 55.0. The van der Waals surface area contributed by atoms with Crippen LogP contribution in [-0.4, -0.2) is 39.6 Å². The zero-order valence-corrected chi connectivity index (χ0v) is 20.2. The second-order valence-corrected chi connectivity index (χ2v) is 9.21. The Morgan fingerprint density at radius 3 is 2.56 bits per heavy atom. The summed E-state index contributed by atoms with van der Waals surface area (Å²) in [7, 11) is 1.56. The van der Waals surface area contributed by atoms with Gasteiger partial charge in [-0.3, -0.25) is 4.79 Å². The van der Waals surface area contributed by atoms with Gasteiger partial charge < -0.3 is 18.9 Å². The number of aromatic nitrogens is 2. The van der Waals surface area contributed by atoms with Gasteiger partial charge in [0, 0.05) is 6.20 Å². The number of hydrogen-bond acceptors (Lipinski definition) is 4. The van der Waals surface area contributed by atoms with E-state index >= 15 is 0 Å². The fourth-order valence-electron chi connectivity index (χ4n) is 5.13. The van der Waals surface area contributed by atoms with Crippen molar-refractivity contribution in [2.75, 3.05) is 7.11 Å². The Bertz CT molecular complexity index is 1330. The number of aryl methyl sites for hydroxylation is 1. The number of imidazole rings is 1. The lowest BCUT2D eigenvalue weighted by molar-refractivity contribution is -0.153. The molecule has 2 aliphatic heterocycles. The minimum absolute atomic E-state index is 0.127. The molecule has 2 aromatic carbocycles. The highest BCUT2D eigenvalue weighted by Crippen LogP contribution is 2.41. The lowest BCUT2D eigenvalue weighted by Crippen LogP contribution is -2.55. The van der Waals surface area contributed by atoms with E-state index in [-0.39, 0.29) is 29.4 Å². The number of ether oxygens (including phenoxy) is 2. The number of rotatable bonds is 4. The largest absolute Gasteiger partial charge is 0.495 e. The molecule has 0 bridgehead atoms. The highest BCUT2D eigenvalue weighted by Gasteiger charge is 2.44. The number of carbonyl (C=O) groups is 1. The second-order valence-electron chi connectivity index (χ2n) is 9.21. The van der Waals surface area contributed by atoms with Crippen molar-refractivity contribution in [3.05, 3.63) is 82.9 Å². The van der Waals surface area contributed by atoms with Crippen LogP contribution in [-0.2, 0) is 9.53 Å². The van der Waals surface area contributed by atoms with E-state index in [1.54, 1.807) is 30.5 Å². The molecule has 6 nitrogen and oxygen atoms in total. The molecule has 0 unspecified atom stereocenters. The molecule has 0 aliphatic carbocycles. The van der Waals surface area contributed by atoms with E-state index in [1.807, 2.05) is 36.7 Å². The third-order valence-corrected chi connectivity index (χ3v) is 6.85. The third kappa shape index (κ3) is 4.23. The maximum absolute atomic E-state index is 14.0. The van der Waals surface area contributed by atoms with E-state index < -0.39 is 23.5 Å². The number of morpholine rings is 1. The number of carbonyl (C=O) groups excluding carboxylic acids is 1. The number of amides is 1. The van der Waals surface area contributed by atoms with Crippen LogP contribution < -0.4 is 4.74 Å². The van der Waals surface area contributed by atoms with Crippen LogP contribution in [0.4, 0.5) is 13.2 Å². The van der Waals surface area contributed by atoms with Gasteiger partial charge in [-0.1, -0.05) is 6.07 Å². The molecule has 0 N–H and O–H groups in total. The van der Waals surface area contributed by atoms with E-state index in [4.69, 9.17) is 9.47 Å². The van der Waals surface area contributed by atoms with Crippen molar-refractivity contribution in [1.82, 2.24) is 14.5 Å². The van der Waals surface area contributed by atoms with Crippen LogP contribution in [0.2, 0.25) is 0 Å². The minimum atomic E-state index is -1.52. The van der Waals surface area contributed by atoms with Crippen molar-refractivity contribution in [3.8, 4) is 11.4 Å². The van der Waals surface area contributed by atoms with Gasteiger partial charge in [0.25, 0.3) is 5.91 Å². The Balaban J connectivity index is 1.49. The van der Waals surface area contributed by atoms with Crippen molar-refractivity contribution < 1.29 is 27.4 Å². The number of benzene rings is 2. The highest BCUT2D eigenvalue weighted by molar-refractivity contribution is 5.97. The number of hydrogen-bond donors (Lipinski definition) is 0.